The zero-order chi connectivity index (χ0) is 17.1. The summed E-state index contributed by atoms with van der Waals surface area (Å²) in [4.78, 5) is 11.5. The molecular formula is C17H33N5O. The highest BCUT2D eigenvalue weighted by molar-refractivity contribution is 5.76. The van der Waals surface area contributed by atoms with Crippen LogP contribution in [0.1, 0.15) is 65.5 Å². The van der Waals surface area contributed by atoms with E-state index in [2.05, 4.69) is 34.8 Å². The van der Waals surface area contributed by atoms with Gasteiger partial charge < -0.3 is 10.6 Å². The summed E-state index contributed by atoms with van der Waals surface area (Å²) in [7, 11) is 0. The van der Waals surface area contributed by atoms with Crippen LogP contribution < -0.4 is 10.6 Å². The maximum atomic E-state index is 11.5. The first-order valence-electron chi connectivity index (χ1n) is 8.89. The molecule has 132 valence electrons. The first-order valence-corrected chi connectivity index (χ1v) is 8.89. The van der Waals surface area contributed by atoms with E-state index in [-0.39, 0.29) is 11.9 Å². The van der Waals surface area contributed by atoms with Crippen LogP contribution in [0.4, 0.5) is 0 Å². The molecule has 6 heteroatoms. The quantitative estimate of drug-likeness (QED) is 0.579. The number of amides is 1. The number of rotatable bonds is 12. The number of aryl methyl sites for hydroxylation is 2. The van der Waals surface area contributed by atoms with E-state index in [1.54, 1.807) is 0 Å². The van der Waals surface area contributed by atoms with Gasteiger partial charge in [0.15, 0.2) is 0 Å². The smallest absolute Gasteiger partial charge is 0.220 e. The SMILES string of the molecule is CC(C)NCCCCc1cn(CCCCC(=O)NC(C)C)nn1. The highest BCUT2D eigenvalue weighted by atomic mass is 16.1. The molecule has 0 bridgehead atoms. The number of nitrogens with zero attached hydrogens (tertiary/aromatic N) is 3. The number of aromatic nitrogens is 3. The minimum Gasteiger partial charge on any atom is -0.354 e. The van der Waals surface area contributed by atoms with Crippen molar-refractivity contribution in [3.05, 3.63) is 11.9 Å². The zero-order valence-electron chi connectivity index (χ0n) is 15.1. The van der Waals surface area contributed by atoms with Gasteiger partial charge in [-0.15, -0.1) is 5.10 Å². The molecule has 0 aliphatic rings. The van der Waals surface area contributed by atoms with Crippen LogP contribution in [0.2, 0.25) is 0 Å². The van der Waals surface area contributed by atoms with Gasteiger partial charge in [-0.2, -0.15) is 0 Å². The van der Waals surface area contributed by atoms with Crippen molar-refractivity contribution in [2.24, 2.45) is 0 Å². The molecule has 0 aromatic carbocycles. The Morgan fingerprint density at radius 2 is 1.91 bits per heavy atom. The van der Waals surface area contributed by atoms with Gasteiger partial charge >= 0.3 is 0 Å². The van der Waals surface area contributed by atoms with Crippen molar-refractivity contribution in [3.63, 3.8) is 0 Å². The molecule has 0 radical (unpaired) electrons. The van der Waals surface area contributed by atoms with E-state index < -0.39 is 0 Å². The van der Waals surface area contributed by atoms with Crippen LogP contribution in [0, 0.1) is 0 Å². The molecule has 2 N–H and O–H groups in total. The topological polar surface area (TPSA) is 71.8 Å². The Balaban J connectivity index is 2.10. The Hall–Kier alpha value is -1.43. The van der Waals surface area contributed by atoms with Gasteiger partial charge in [0.2, 0.25) is 5.91 Å². The minimum atomic E-state index is 0.134. The van der Waals surface area contributed by atoms with Crippen molar-refractivity contribution in [2.75, 3.05) is 6.54 Å². The van der Waals surface area contributed by atoms with Crippen LogP contribution >= 0.6 is 0 Å². The van der Waals surface area contributed by atoms with Crippen LogP contribution in [0.5, 0.6) is 0 Å². The van der Waals surface area contributed by atoms with Gasteiger partial charge in [-0.3, -0.25) is 9.48 Å². The lowest BCUT2D eigenvalue weighted by Gasteiger charge is -2.07. The van der Waals surface area contributed by atoms with Crippen LogP contribution in [0.15, 0.2) is 6.20 Å². The minimum absolute atomic E-state index is 0.134. The molecule has 0 saturated heterocycles. The predicted octanol–water partition coefficient (Wildman–Crippen LogP) is 2.29. The third-order valence-corrected chi connectivity index (χ3v) is 3.49. The van der Waals surface area contributed by atoms with E-state index in [9.17, 15) is 4.79 Å². The zero-order valence-corrected chi connectivity index (χ0v) is 15.1. The molecule has 6 nitrogen and oxygen atoms in total. The molecule has 0 spiro atoms. The molecule has 1 aromatic heterocycles. The van der Waals surface area contributed by atoms with E-state index in [1.165, 1.54) is 0 Å². The Kier molecular flexibility index (Phi) is 9.52. The number of hydrogen-bond donors (Lipinski definition) is 2. The van der Waals surface area contributed by atoms with Crippen LogP contribution in [0.25, 0.3) is 0 Å². The molecule has 0 unspecified atom stereocenters. The van der Waals surface area contributed by atoms with Crippen LogP contribution in [0.3, 0.4) is 0 Å². The largest absolute Gasteiger partial charge is 0.354 e. The van der Waals surface area contributed by atoms with Crippen LogP contribution in [-0.4, -0.2) is 39.5 Å². The van der Waals surface area contributed by atoms with Gasteiger partial charge in [0.05, 0.1) is 5.69 Å². The average molecular weight is 323 g/mol. The Morgan fingerprint density at radius 1 is 1.13 bits per heavy atom. The fourth-order valence-corrected chi connectivity index (χ4v) is 2.34. The second kappa shape index (κ2) is 11.2. The fraction of sp³-hybridized carbons (Fsp3) is 0.824. The Bertz CT molecular complexity index is 442. The normalized spacial score (nSPS) is 11.4. The molecule has 0 atom stereocenters. The summed E-state index contributed by atoms with van der Waals surface area (Å²) in [6.45, 7) is 10.2. The van der Waals surface area contributed by atoms with Crippen molar-refractivity contribution >= 4 is 5.91 Å². The Labute approximate surface area is 140 Å². The molecule has 1 heterocycles. The van der Waals surface area contributed by atoms with Crippen LogP contribution in [-0.2, 0) is 17.8 Å². The number of carbonyl (C=O) groups is 1. The van der Waals surface area contributed by atoms with Gasteiger partial charge in [-0.05, 0) is 52.5 Å². The van der Waals surface area contributed by atoms with Crippen molar-refractivity contribution < 1.29 is 4.79 Å². The summed E-state index contributed by atoms with van der Waals surface area (Å²) in [6.07, 6.45) is 7.73. The second-order valence-corrected chi connectivity index (χ2v) is 6.72. The van der Waals surface area contributed by atoms with E-state index in [4.69, 9.17) is 0 Å². The van der Waals surface area contributed by atoms with Gasteiger partial charge in [-0.1, -0.05) is 19.1 Å². The molecule has 1 amide bonds. The molecule has 1 rings (SSSR count). The number of hydrogen-bond acceptors (Lipinski definition) is 4. The van der Waals surface area contributed by atoms with Gasteiger partial charge in [0, 0.05) is 31.2 Å². The third-order valence-electron chi connectivity index (χ3n) is 3.49. The standard InChI is InChI=1S/C17H33N5O/c1-14(2)18-11-7-5-9-16-13-22(21-20-16)12-8-6-10-17(23)19-15(3)4/h13-15,18H,5-12H2,1-4H3,(H,19,23). The predicted molar refractivity (Wildman–Crippen MR) is 93.2 cm³/mol. The lowest BCUT2D eigenvalue weighted by molar-refractivity contribution is -0.121. The van der Waals surface area contributed by atoms with E-state index in [0.717, 1.165) is 50.9 Å². The van der Waals surface area contributed by atoms with Gasteiger partial charge in [-0.25, -0.2) is 0 Å². The third kappa shape index (κ3) is 10.0. The lowest BCUT2D eigenvalue weighted by atomic mass is 10.2. The van der Waals surface area contributed by atoms with Crippen molar-refractivity contribution in [2.45, 2.75) is 84.8 Å². The summed E-state index contributed by atoms with van der Waals surface area (Å²) in [5.74, 6) is 0.134. The highest BCUT2D eigenvalue weighted by Crippen LogP contribution is 2.03. The fourth-order valence-electron chi connectivity index (χ4n) is 2.34. The molecule has 0 aliphatic carbocycles. The van der Waals surface area contributed by atoms with Gasteiger partial charge in [0.1, 0.15) is 0 Å². The molecule has 0 saturated carbocycles. The van der Waals surface area contributed by atoms with E-state index >= 15 is 0 Å². The van der Waals surface area contributed by atoms with Gasteiger partial charge in [0.25, 0.3) is 0 Å². The molecule has 0 fully saturated rings. The maximum absolute atomic E-state index is 11.5. The second-order valence-electron chi connectivity index (χ2n) is 6.72. The van der Waals surface area contributed by atoms with E-state index in [1.807, 2.05) is 24.7 Å². The summed E-state index contributed by atoms with van der Waals surface area (Å²) in [5, 5.41) is 14.7. The first kappa shape index (κ1) is 19.6. The number of carbonyl (C=O) groups excluding carboxylic acids is 1. The van der Waals surface area contributed by atoms with Crippen molar-refractivity contribution in [1.82, 2.24) is 25.6 Å². The lowest BCUT2D eigenvalue weighted by Crippen LogP contribution is -2.29. The average Bonchev–Trinajstić information content (AvgIpc) is 2.90. The van der Waals surface area contributed by atoms with E-state index in [0.29, 0.717) is 12.5 Å². The number of nitrogens with one attached hydrogen (secondary N) is 2. The highest BCUT2D eigenvalue weighted by Gasteiger charge is 2.04. The van der Waals surface area contributed by atoms with Crippen molar-refractivity contribution in [1.29, 1.82) is 0 Å². The summed E-state index contributed by atoms with van der Waals surface area (Å²) in [5.41, 5.74) is 1.06. The molecule has 23 heavy (non-hydrogen) atoms. The summed E-state index contributed by atoms with van der Waals surface area (Å²) >= 11 is 0. The first-order chi connectivity index (χ1) is 11.0. The summed E-state index contributed by atoms with van der Waals surface area (Å²) in [6, 6.07) is 0.773. The van der Waals surface area contributed by atoms with Crippen molar-refractivity contribution in [3.8, 4) is 0 Å². The molecular weight excluding hydrogens is 290 g/mol. The number of unbranched alkanes of at least 4 members (excludes halogenated alkanes) is 2. The summed E-state index contributed by atoms with van der Waals surface area (Å²) < 4.78 is 1.89. The monoisotopic (exact) mass is 323 g/mol. The maximum Gasteiger partial charge on any atom is 0.220 e. The molecule has 1 aromatic rings. The Morgan fingerprint density at radius 3 is 2.61 bits per heavy atom. The molecule has 0 aliphatic heterocycles.